The number of hydrogen-bond donors (Lipinski definition) is 1. The van der Waals surface area contributed by atoms with Gasteiger partial charge in [-0.1, -0.05) is 19.1 Å². The topological polar surface area (TPSA) is 58.1 Å². The second-order valence-electron chi connectivity index (χ2n) is 6.78. The van der Waals surface area contributed by atoms with Crippen LogP contribution in [-0.4, -0.2) is 29.0 Å². The molecule has 132 valence electrons. The summed E-state index contributed by atoms with van der Waals surface area (Å²) < 4.78 is 0. The molecule has 1 aliphatic rings. The van der Waals surface area contributed by atoms with Crippen LogP contribution in [0.15, 0.2) is 30.3 Å². The minimum absolute atomic E-state index is 0.0379. The third-order valence-corrected chi connectivity index (χ3v) is 4.68. The van der Waals surface area contributed by atoms with Gasteiger partial charge in [-0.15, -0.1) is 0 Å². The maximum Gasteiger partial charge on any atom is 0.229 e. The Morgan fingerprint density at radius 1 is 1.20 bits per heavy atom. The molecule has 3 rings (SSSR count). The summed E-state index contributed by atoms with van der Waals surface area (Å²) in [5, 5.41) is 3.05. The van der Waals surface area contributed by atoms with Crippen LogP contribution in [0.25, 0.3) is 0 Å². The van der Waals surface area contributed by atoms with Gasteiger partial charge in [0.2, 0.25) is 11.9 Å². The Balaban J connectivity index is 1.66. The SMILES string of the molecule is CCc1ccc(NC(=O)C2CCCN(c3nc(C)cc(C)n3)C2)cc1. The summed E-state index contributed by atoms with van der Waals surface area (Å²) in [6.07, 6.45) is 2.88. The molecule has 5 nitrogen and oxygen atoms in total. The normalized spacial score (nSPS) is 17.4. The Bertz CT molecular complexity index is 722. The van der Waals surface area contributed by atoms with Crippen molar-refractivity contribution in [1.29, 1.82) is 0 Å². The van der Waals surface area contributed by atoms with Gasteiger partial charge in [0.1, 0.15) is 0 Å². The molecule has 1 unspecified atom stereocenters. The highest BCUT2D eigenvalue weighted by Gasteiger charge is 2.27. The van der Waals surface area contributed by atoms with E-state index in [1.165, 1.54) is 5.56 Å². The first-order valence-corrected chi connectivity index (χ1v) is 9.02. The number of nitrogens with zero attached hydrogens (tertiary/aromatic N) is 3. The third-order valence-electron chi connectivity index (χ3n) is 4.68. The molecule has 1 aromatic heterocycles. The summed E-state index contributed by atoms with van der Waals surface area (Å²) in [6, 6.07) is 10.0. The minimum Gasteiger partial charge on any atom is -0.340 e. The molecule has 2 heterocycles. The number of carbonyl (C=O) groups is 1. The lowest BCUT2D eigenvalue weighted by molar-refractivity contribution is -0.120. The quantitative estimate of drug-likeness (QED) is 0.927. The summed E-state index contributed by atoms with van der Waals surface area (Å²) >= 11 is 0. The summed E-state index contributed by atoms with van der Waals surface area (Å²) in [4.78, 5) is 23.9. The molecule has 5 heteroatoms. The van der Waals surface area contributed by atoms with E-state index in [4.69, 9.17) is 0 Å². The minimum atomic E-state index is -0.0379. The number of aromatic nitrogens is 2. The number of rotatable bonds is 4. The first-order chi connectivity index (χ1) is 12.0. The molecule has 1 aliphatic heterocycles. The molecule has 1 aromatic carbocycles. The van der Waals surface area contributed by atoms with Gasteiger partial charge >= 0.3 is 0 Å². The Kier molecular flexibility index (Phi) is 5.31. The van der Waals surface area contributed by atoms with Crippen molar-refractivity contribution in [3.05, 3.63) is 47.3 Å². The molecular weight excluding hydrogens is 312 g/mol. The molecule has 0 aliphatic carbocycles. The Labute approximate surface area is 149 Å². The van der Waals surface area contributed by atoms with Gasteiger partial charge in [-0.05, 0) is 56.9 Å². The van der Waals surface area contributed by atoms with Crippen molar-refractivity contribution in [2.45, 2.75) is 40.0 Å². The Hall–Kier alpha value is -2.43. The van der Waals surface area contributed by atoms with E-state index in [2.05, 4.69) is 39.2 Å². The van der Waals surface area contributed by atoms with Crippen LogP contribution < -0.4 is 10.2 Å². The van der Waals surface area contributed by atoms with Crippen molar-refractivity contribution in [2.24, 2.45) is 5.92 Å². The summed E-state index contributed by atoms with van der Waals surface area (Å²) in [7, 11) is 0. The summed E-state index contributed by atoms with van der Waals surface area (Å²) in [5.74, 6) is 0.782. The van der Waals surface area contributed by atoms with Crippen molar-refractivity contribution in [2.75, 3.05) is 23.3 Å². The van der Waals surface area contributed by atoms with E-state index < -0.39 is 0 Å². The molecule has 1 amide bonds. The largest absolute Gasteiger partial charge is 0.340 e. The third kappa shape index (κ3) is 4.35. The number of amides is 1. The Morgan fingerprint density at radius 3 is 2.52 bits per heavy atom. The lowest BCUT2D eigenvalue weighted by atomic mass is 9.97. The number of benzene rings is 1. The van der Waals surface area contributed by atoms with Crippen LogP contribution >= 0.6 is 0 Å². The summed E-state index contributed by atoms with van der Waals surface area (Å²) in [6.45, 7) is 7.65. The highest BCUT2D eigenvalue weighted by Crippen LogP contribution is 2.22. The van der Waals surface area contributed by atoms with Crippen molar-refractivity contribution < 1.29 is 4.79 Å². The predicted octanol–water partition coefficient (Wildman–Crippen LogP) is 3.51. The van der Waals surface area contributed by atoms with Gasteiger partial charge in [0.25, 0.3) is 0 Å². The van der Waals surface area contributed by atoms with E-state index in [-0.39, 0.29) is 11.8 Å². The molecule has 0 saturated carbocycles. The van der Waals surface area contributed by atoms with Crippen LogP contribution in [0.2, 0.25) is 0 Å². The average Bonchev–Trinajstić information content (AvgIpc) is 2.61. The van der Waals surface area contributed by atoms with Gasteiger partial charge in [0.15, 0.2) is 0 Å². The zero-order valence-electron chi connectivity index (χ0n) is 15.2. The zero-order valence-corrected chi connectivity index (χ0v) is 15.2. The Morgan fingerprint density at radius 2 is 1.88 bits per heavy atom. The lowest BCUT2D eigenvalue weighted by Crippen LogP contribution is -2.41. The average molecular weight is 338 g/mol. The number of anilines is 2. The summed E-state index contributed by atoms with van der Waals surface area (Å²) in [5.41, 5.74) is 4.06. The number of piperidine rings is 1. The molecule has 1 N–H and O–H groups in total. The van der Waals surface area contributed by atoms with Gasteiger partial charge < -0.3 is 10.2 Å². The van der Waals surface area contributed by atoms with E-state index in [1.807, 2.05) is 32.0 Å². The maximum absolute atomic E-state index is 12.7. The van der Waals surface area contributed by atoms with E-state index in [9.17, 15) is 4.79 Å². The number of hydrogen-bond acceptors (Lipinski definition) is 4. The van der Waals surface area contributed by atoms with E-state index >= 15 is 0 Å². The van der Waals surface area contributed by atoms with Crippen molar-refractivity contribution in [1.82, 2.24) is 9.97 Å². The van der Waals surface area contributed by atoms with E-state index in [0.717, 1.165) is 48.8 Å². The fourth-order valence-electron chi connectivity index (χ4n) is 3.29. The standard InChI is InChI=1S/C20H26N4O/c1-4-16-7-9-18(10-8-16)23-19(25)17-6-5-11-24(13-17)20-21-14(2)12-15(3)22-20/h7-10,12,17H,4-6,11,13H2,1-3H3,(H,23,25). The molecule has 0 bridgehead atoms. The van der Waals surface area contributed by atoms with Gasteiger partial charge in [-0.25, -0.2) is 9.97 Å². The van der Waals surface area contributed by atoms with E-state index in [0.29, 0.717) is 6.54 Å². The number of aryl methyl sites for hydroxylation is 3. The van der Waals surface area contributed by atoms with Crippen LogP contribution in [0.5, 0.6) is 0 Å². The van der Waals surface area contributed by atoms with Crippen LogP contribution in [0.4, 0.5) is 11.6 Å². The molecule has 0 spiro atoms. The molecule has 2 aromatic rings. The van der Waals surface area contributed by atoms with Gasteiger partial charge in [-0.3, -0.25) is 4.79 Å². The second-order valence-corrected chi connectivity index (χ2v) is 6.78. The van der Waals surface area contributed by atoms with Crippen LogP contribution in [0.3, 0.4) is 0 Å². The molecule has 1 fully saturated rings. The molecule has 25 heavy (non-hydrogen) atoms. The lowest BCUT2D eigenvalue weighted by Gasteiger charge is -2.32. The van der Waals surface area contributed by atoms with Crippen LogP contribution in [0, 0.1) is 19.8 Å². The predicted molar refractivity (Wildman–Crippen MR) is 101 cm³/mol. The van der Waals surface area contributed by atoms with Crippen molar-refractivity contribution in [3.63, 3.8) is 0 Å². The first kappa shape index (κ1) is 17.4. The van der Waals surface area contributed by atoms with Gasteiger partial charge in [-0.2, -0.15) is 0 Å². The number of carbonyl (C=O) groups excluding carboxylic acids is 1. The zero-order chi connectivity index (χ0) is 17.8. The fraction of sp³-hybridized carbons (Fsp3) is 0.450. The molecular formula is C20H26N4O. The van der Waals surface area contributed by atoms with E-state index in [1.54, 1.807) is 0 Å². The molecule has 1 saturated heterocycles. The smallest absolute Gasteiger partial charge is 0.229 e. The molecule has 0 radical (unpaired) electrons. The highest BCUT2D eigenvalue weighted by molar-refractivity contribution is 5.93. The van der Waals surface area contributed by atoms with Crippen molar-refractivity contribution >= 4 is 17.5 Å². The van der Waals surface area contributed by atoms with Crippen molar-refractivity contribution in [3.8, 4) is 0 Å². The van der Waals surface area contributed by atoms with Gasteiger partial charge in [0, 0.05) is 30.2 Å². The van der Waals surface area contributed by atoms with Crippen LogP contribution in [-0.2, 0) is 11.2 Å². The maximum atomic E-state index is 12.7. The second kappa shape index (κ2) is 7.64. The van der Waals surface area contributed by atoms with Crippen LogP contribution in [0.1, 0.15) is 36.7 Å². The highest BCUT2D eigenvalue weighted by atomic mass is 16.1. The fourth-order valence-corrected chi connectivity index (χ4v) is 3.29. The number of nitrogens with one attached hydrogen (secondary N) is 1. The first-order valence-electron chi connectivity index (χ1n) is 9.02. The molecule has 1 atom stereocenters. The monoisotopic (exact) mass is 338 g/mol. The van der Waals surface area contributed by atoms with Gasteiger partial charge in [0.05, 0.1) is 5.92 Å².